The van der Waals surface area contributed by atoms with E-state index in [1.54, 1.807) is 32.0 Å². The molecular weight excluding hydrogens is 354 g/mol. The first-order chi connectivity index (χ1) is 8.81. The summed E-state index contributed by atoms with van der Waals surface area (Å²) in [5.74, 6) is 0. The largest absolute Gasteiger partial charge is 0.281 e. The molecule has 1 aromatic heterocycles. The third-order valence-electron chi connectivity index (χ3n) is 2.50. The van der Waals surface area contributed by atoms with E-state index in [1.807, 2.05) is 0 Å². The molecule has 0 spiro atoms. The number of halogens is 2. The van der Waals surface area contributed by atoms with E-state index in [0.29, 0.717) is 22.1 Å². The van der Waals surface area contributed by atoms with Crippen molar-refractivity contribution < 1.29 is 8.42 Å². The van der Waals surface area contributed by atoms with Crippen LogP contribution >= 0.6 is 27.5 Å². The van der Waals surface area contributed by atoms with E-state index in [4.69, 9.17) is 11.6 Å². The molecule has 0 aliphatic carbocycles. The number of anilines is 1. The first kappa shape index (κ1) is 14.4. The highest BCUT2D eigenvalue weighted by atomic mass is 79.9. The van der Waals surface area contributed by atoms with Crippen LogP contribution in [-0.2, 0) is 10.0 Å². The van der Waals surface area contributed by atoms with E-state index in [1.165, 1.54) is 0 Å². The summed E-state index contributed by atoms with van der Waals surface area (Å²) >= 11 is 9.26. The van der Waals surface area contributed by atoms with Crippen molar-refractivity contribution in [3.63, 3.8) is 0 Å². The van der Waals surface area contributed by atoms with Gasteiger partial charge in [0.25, 0.3) is 10.0 Å². The lowest BCUT2D eigenvalue weighted by molar-refractivity contribution is 0.600. The zero-order valence-corrected chi connectivity index (χ0v) is 13.3. The summed E-state index contributed by atoms with van der Waals surface area (Å²) in [5, 5.41) is 6.84. The highest BCUT2D eigenvalue weighted by molar-refractivity contribution is 9.10. The maximum Gasteiger partial charge on any atom is 0.265 e. The first-order valence-electron chi connectivity index (χ1n) is 5.30. The number of aromatic nitrogens is 2. The molecule has 0 saturated carbocycles. The van der Waals surface area contributed by atoms with Crippen LogP contribution in [0.2, 0.25) is 5.02 Å². The second-order valence-corrected chi connectivity index (χ2v) is 6.93. The maximum absolute atomic E-state index is 12.3. The number of H-pyrrole nitrogens is 1. The molecule has 0 amide bonds. The van der Waals surface area contributed by atoms with Crippen LogP contribution in [0.3, 0.4) is 0 Å². The number of sulfonamides is 1. The molecule has 2 N–H and O–H groups in total. The van der Waals surface area contributed by atoms with Crippen molar-refractivity contribution in [1.82, 2.24) is 10.2 Å². The Hall–Kier alpha value is -1.05. The molecule has 1 heterocycles. The summed E-state index contributed by atoms with van der Waals surface area (Å²) in [5.41, 5.74) is 1.22. The molecule has 0 fully saturated rings. The number of nitrogens with zero attached hydrogens (tertiary/aromatic N) is 1. The molecule has 1 aromatic carbocycles. The van der Waals surface area contributed by atoms with E-state index >= 15 is 0 Å². The molecular formula is C11H11BrClN3O2S. The van der Waals surface area contributed by atoms with Crippen LogP contribution < -0.4 is 4.72 Å². The van der Waals surface area contributed by atoms with E-state index in [9.17, 15) is 8.42 Å². The first-order valence-corrected chi connectivity index (χ1v) is 7.96. The minimum Gasteiger partial charge on any atom is -0.281 e. The lowest BCUT2D eigenvalue weighted by Gasteiger charge is -2.10. The van der Waals surface area contributed by atoms with Crippen LogP contribution in [0.1, 0.15) is 11.4 Å². The van der Waals surface area contributed by atoms with Gasteiger partial charge < -0.3 is 0 Å². The van der Waals surface area contributed by atoms with Crippen molar-refractivity contribution >= 4 is 43.2 Å². The second kappa shape index (κ2) is 5.15. The molecule has 19 heavy (non-hydrogen) atoms. The second-order valence-electron chi connectivity index (χ2n) is 3.99. The Morgan fingerprint density at radius 1 is 1.37 bits per heavy atom. The minimum absolute atomic E-state index is 0.145. The summed E-state index contributed by atoms with van der Waals surface area (Å²) < 4.78 is 27.8. The van der Waals surface area contributed by atoms with Crippen LogP contribution in [0.15, 0.2) is 27.6 Å². The third-order valence-corrected chi connectivity index (χ3v) is 4.94. The molecule has 0 radical (unpaired) electrons. The van der Waals surface area contributed by atoms with Crippen molar-refractivity contribution in [2.45, 2.75) is 18.7 Å². The average molecular weight is 365 g/mol. The molecule has 102 valence electrons. The van der Waals surface area contributed by atoms with Gasteiger partial charge in [-0.15, -0.1) is 0 Å². The molecule has 0 saturated heterocycles. The Morgan fingerprint density at radius 3 is 2.58 bits per heavy atom. The van der Waals surface area contributed by atoms with Gasteiger partial charge in [-0.1, -0.05) is 27.5 Å². The Kier molecular flexibility index (Phi) is 3.89. The zero-order valence-electron chi connectivity index (χ0n) is 10.2. The molecule has 0 bridgehead atoms. The fourth-order valence-electron chi connectivity index (χ4n) is 1.70. The third kappa shape index (κ3) is 2.93. The fraction of sp³-hybridized carbons (Fsp3) is 0.182. The van der Waals surface area contributed by atoms with Crippen molar-refractivity contribution in [3.05, 3.63) is 39.1 Å². The molecule has 0 unspecified atom stereocenters. The number of benzene rings is 1. The molecule has 2 rings (SSSR count). The van der Waals surface area contributed by atoms with Gasteiger partial charge >= 0.3 is 0 Å². The quantitative estimate of drug-likeness (QED) is 0.878. The van der Waals surface area contributed by atoms with Gasteiger partial charge in [0.05, 0.1) is 22.1 Å². The number of aryl methyl sites for hydroxylation is 2. The summed E-state index contributed by atoms with van der Waals surface area (Å²) in [7, 11) is -3.71. The number of hydrogen-bond donors (Lipinski definition) is 2. The van der Waals surface area contributed by atoms with Gasteiger partial charge in [0.2, 0.25) is 0 Å². The van der Waals surface area contributed by atoms with Gasteiger partial charge in [-0.25, -0.2) is 8.42 Å². The smallest absolute Gasteiger partial charge is 0.265 e. The minimum atomic E-state index is -3.71. The normalized spacial score (nSPS) is 11.6. The van der Waals surface area contributed by atoms with Crippen LogP contribution in [-0.4, -0.2) is 18.6 Å². The highest BCUT2D eigenvalue weighted by Crippen LogP contribution is 2.28. The predicted molar refractivity (Wildman–Crippen MR) is 78.0 cm³/mol. The van der Waals surface area contributed by atoms with Gasteiger partial charge in [-0.3, -0.25) is 9.82 Å². The van der Waals surface area contributed by atoms with Crippen molar-refractivity contribution in [3.8, 4) is 0 Å². The zero-order chi connectivity index (χ0) is 14.2. The molecule has 2 aromatic rings. The van der Waals surface area contributed by atoms with E-state index in [0.717, 1.165) is 4.47 Å². The van der Waals surface area contributed by atoms with Crippen LogP contribution in [0.5, 0.6) is 0 Å². The van der Waals surface area contributed by atoms with Gasteiger partial charge in [0.15, 0.2) is 0 Å². The summed E-state index contributed by atoms with van der Waals surface area (Å²) in [6.07, 6.45) is 0. The van der Waals surface area contributed by atoms with E-state index in [-0.39, 0.29) is 4.90 Å². The number of nitrogens with one attached hydrogen (secondary N) is 2. The number of rotatable bonds is 3. The Balaban J connectivity index is 2.42. The van der Waals surface area contributed by atoms with Gasteiger partial charge in [0, 0.05) is 4.47 Å². The Bertz CT molecular complexity index is 708. The maximum atomic E-state index is 12.3. The molecule has 5 nitrogen and oxygen atoms in total. The Morgan fingerprint density at radius 2 is 2.05 bits per heavy atom. The monoisotopic (exact) mass is 363 g/mol. The van der Waals surface area contributed by atoms with Crippen molar-refractivity contribution in [1.29, 1.82) is 0 Å². The molecule has 0 atom stereocenters. The van der Waals surface area contributed by atoms with E-state index in [2.05, 4.69) is 30.8 Å². The summed E-state index contributed by atoms with van der Waals surface area (Å²) in [6.45, 7) is 3.28. The Labute approximate surface area is 124 Å². The molecule has 8 heteroatoms. The lowest BCUT2D eigenvalue weighted by atomic mass is 10.3. The van der Waals surface area contributed by atoms with Crippen molar-refractivity contribution in [2.24, 2.45) is 0 Å². The SMILES string of the molecule is Cc1n[nH]c(C)c1S(=O)(=O)Nc1ccc(Br)cc1Cl. The number of aromatic amines is 1. The standard InChI is InChI=1S/C11H11BrClN3O2S/c1-6-11(7(2)15-14-6)19(17,18)16-10-4-3-8(12)5-9(10)13/h3-5,16H,1-2H3,(H,14,15). The molecule has 0 aliphatic rings. The summed E-state index contributed by atoms with van der Waals surface area (Å²) in [4.78, 5) is 0.145. The van der Waals surface area contributed by atoms with Gasteiger partial charge in [0.1, 0.15) is 4.90 Å². The van der Waals surface area contributed by atoms with Gasteiger partial charge in [-0.05, 0) is 32.0 Å². The fourth-order valence-corrected chi connectivity index (χ4v) is 3.93. The predicted octanol–water partition coefficient (Wildman–Crippen LogP) is 3.24. The summed E-state index contributed by atoms with van der Waals surface area (Å²) in [6, 6.07) is 4.92. The topological polar surface area (TPSA) is 74.8 Å². The average Bonchev–Trinajstić information content (AvgIpc) is 2.63. The van der Waals surface area contributed by atoms with Crippen LogP contribution in [0.4, 0.5) is 5.69 Å². The van der Waals surface area contributed by atoms with E-state index < -0.39 is 10.0 Å². The van der Waals surface area contributed by atoms with Gasteiger partial charge in [-0.2, -0.15) is 5.10 Å². The highest BCUT2D eigenvalue weighted by Gasteiger charge is 2.23. The van der Waals surface area contributed by atoms with Crippen molar-refractivity contribution in [2.75, 3.05) is 4.72 Å². The van der Waals surface area contributed by atoms with Crippen LogP contribution in [0.25, 0.3) is 0 Å². The van der Waals surface area contributed by atoms with Crippen LogP contribution in [0, 0.1) is 13.8 Å². The lowest BCUT2D eigenvalue weighted by Crippen LogP contribution is -2.14. The molecule has 0 aliphatic heterocycles. The number of hydrogen-bond acceptors (Lipinski definition) is 3.